The third kappa shape index (κ3) is 2.42. The number of nitrogens with zero attached hydrogens (tertiary/aromatic N) is 2. The molecule has 5 nitrogen and oxygen atoms in total. The number of aromatic nitrogens is 1. The van der Waals surface area contributed by atoms with Gasteiger partial charge >= 0.3 is 0 Å². The quantitative estimate of drug-likeness (QED) is 0.880. The van der Waals surface area contributed by atoms with Gasteiger partial charge in [-0.05, 0) is 18.4 Å². The molecule has 1 fully saturated rings. The Morgan fingerprint density at radius 2 is 2.29 bits per heavy atom. The monoisotopic (exact) mass is 255 g/mol. The van der Waals surface area contributed by atoms with E-state index in [4.69, 9.17) is 0 Å². The molecular formula is C11H17N3O2S. The van der Waals surface area contributed by atoms with Crippen molar-refractivity contribution in [3.63, 3.8) is 0 Å². The highest BCUT2D eigenvalue weighted by atomic mass is 32.2. The summed E-state index contributed by atoms with van der Waals surface area (Å²) in [5, 5.41) is 2.84. The maximum Gasteiger partial charge on any atom is 0.243 e. The summed E-state index contributed by atoms with van der Waals surface area (Å²) in [6.07, 6.45) is 2.45. The van der Waals surface area contributed by atoms with Crippen LogP contribution < -0.4 is 5.32 Å². The van der Waals surface area contributed by atoms with E-state index in [1.54, 1.807) is 23.5 Å². The van der Waals surface area contributed by atoms with Gasteiger partial charge in [-0.25, -0.2) is 13.4 Å². The molecule has 2 heterocycles. The fourth-order valence-electron chi connectivity index (χ4n) is 1.97. The van der Waals surface area contributed by atoms with Gasteiger partial charge in [0.25, 0.3) is 0 Å². The van der Waals surface area contributed by atoms with Crippen LogP contribution in [0.2, 0.25) is 0 Å². The molecule has 0 spiro atoms. The Bertz CT molecular complexity index is 501. The van der Waals surface area contributed by atoms with E-state index in [1.807, 2.05) is 0 Å². The molecule has 0 radical (unpaired) electrons. The van der Waals surface area contributed by atoms with Gasteiger partial charge in [0.2, 0.25) is 10.0 Å². The Morgan fingerprint density at radius 3 is 2.88 bits per heavy atom. The van der Waals surface area contributed by atoms with Crippen molar-refractivity contribution in [2.75, 3.05) is 25.5 Å². The Morgan fingerprint density at radius 1 is 1.53 bits per heavy atom. The van der Waals surface area contributed by atoms with E-state index in [-0.39, 0.29) is 0 Å². The average molecular weight is 255 g/mol. The minimum Gasteiger partial charge on any atom is -0.373 e. The highest BCUT2D eigenvalue weighted by molar-refractivity contribution is 7.89. The van der Waals surface area contributed by atoms with E-state index >= 15 is 0 Å². The first-order valence-corrected chi connectivity index (χ1v) is 7.12. The Labute approximate surface area is 102 Å². The van der Waals surface area contributed by atoms with E-state index in [1.165, 1.54) is 6.20 Å². The second-order valence-corrected chi connectivity index (χ2v) is 6.32. The Hall–Kier alpha value is -1.14. The van der Waals surface area contributed by atoms with Crippen LogP contribution in [0.25, 0.3) is 0 Å². The van der Waals surface area contributed by atoms with Crippen molar-refractivity contribution in [2.24, 2.45) is 5.92 Å². The zero-order valence-corrected chi connectivity index (χ0v) is 10.9. The number of nitrogens with one attached hydrogen (secondary N) is 1. The standard InChI is InChI=1S/C11H17N3O2S/c1-9-4-6-14(8-9)17(15,16)10-3-5-13-11(7-10)12-2/h3,5,7,9H,4,6,8H2,1-2H3,(H,12,13). The minimum absolute atomic E-state index is 0.311. The van der Waals surface area contributed by atoms with Crippen LogP contribution in [-0.2, 0) is 10.0 Å². The molecule has 1 aromatic heterocycles. The molecule has 0 amide bonds. The molecule has 1 saturated heterocycles. The van der Waals surface area contributed by atoms with E-state index in [0.29, 0.717) is 29.7 Å². The SMILES string of the molecule is CNc1cc(S(=O)(=O)N2CCC(C)C2)ccn1. The second kappa shape index (κ2) is 4.62. The highest BCUT2D eigenvalue weighted by Crippen LogP contribution is 2.24. The number of pyridine rings is 1. The first-order chi connectivity index (χ1) is 8.04. The van der Waals surface area contributed by atoms with Crippen molar-refractivity contribution >= 4 is 15.8 Å². The lowest BCUT2D eigenvalue weighted by Crippen LogP contribution is -2.28. The maximum atomic E-state index is 12.3. The third-order valence-corrected chi connectivity index (χ3v) is 4.87. The van der Waals surface area contributed by atoms with Gasteiger partial charge in [-0.3, -0.25) is 0 Å². The predicted octanol–water partition coefficient (Wildman–Crippen LogP) is 1.15. The van der Waals surface area contributed by atoms with Gasteiger partial charge in [0, 0.05) is 32.4 Å². The summed E-state index contributed by atoms with van der Waals surface area (Å²) in [6, 6.07) is 3.11. The number of hydrogen-bond donors (Lipinski definition) is 1. The normalized spacial score (nSPS) is 21.6. The van der Waals surface area contributed by atoms with Crippen LogP contribution in [0.1, 0.15) is 13.3 Å². The van der Waals surface area contributed by atoms with Crippen LogP contribution in [-0.4, -0.2) is 37.8 Å². The largest absolute Gasteiger partial charge is 0.373 e. The van der Waals surface area contributed by atoms with E-state index in [0.717, 1.165) is 6.42 Å². The molecular weight excluding hydrogens is 238 g/mol. The van der Waals surface area contributed by atoms with Gasteiger partial charge in [0.1, 0.15) is 5.82 Å². The van der Waals surface area contributed by atoms with Crippen molar-refractivity contribution in [1.82, 2.24) is 9.29 Å². The first kappa shape index (κ1) is 12.3. The van der Waals surface area contributed by atoms with Crippen molar-refractivity contribution < 1.29 is 8.42 Å². The van der Waals surface area contributed by atoms with Gasteiger partial charge < -0.3 is 5.32 Å². The van der Waals surface area contributed by atoms with Crippen LogP contribution in [0, 0.1) is 5.92 Å². The molecule has 1 atom stereocenters. The molecule has 2 rings (SSSR count). The van der Waals surface area contributed by atoms with Gasteiger partial charge in [-0.2, -0.15) is 4.31 Å². The van der Waals surface area contributed by atoms with Crippen LogP contribution >= 0.6 is 0 Å². The van der Waals surface area contributed by atoms with Gasteiger partial charge in [0.05, 0.1) is 4.90 Å². The summed E-state index contributed by atoms with van der Waals surface area (Å²) in [6.45, 7) is 3.29. The summed E-state index contributed by atoms with van der Waals surface area (Å²) in [4.78, 5) is 4.33. The van der Waals surface area contributed by atoms with Gasteiger partial charge in [-0.15, -0.1) is 0 Å². The molecule has 0 aliphatic carbocycles. The molecule has 94 valence electrons. The summed E-state index contributed by atoms with van der Waals surface area (Å²) in [5.74, 6) is 1.01. The lowest BCUT2D eigenvalue weighted by atomic mass is 10.2. The topological polar surface area (TPSA) is 62.3 Å². The molecule has 0 aromatic carbocycles. The first-order valence-electron chi connectivity index (χ1n) is 5.68. The third-order valence-electron chi connectivity index (χ3n) is 3.01. The molecule has 1 aliphatic heterocycles. The van der Waals surface area contributed by atoms with Crippen LogP contribution in [0.15, 0.2) is 23.2 Å². The lowest BCUT2D eigenvalue weighted by molar-refractivity contribution is 0.464. The van der Waals surface area contributed by atoms with Crippen molar-refractivity contribution in [3.05, 3.63) is 18.3 Å². The molecule has 1 aromatic rings. The zero-order chi connectivity index (χ0) is 12.5. The summed E-state index contributed by atoms with van der Waals surface area (Å²) in [7, 11) is -1.63. The molecule has 17 heavy (non-hydrogen) atoms. The molecule has 1 unspecified atom stereocenters. The van der Waals surface area contributed by atoms with E-state index < -0.39 is 10.0 Å². The summed E-state index contributed by atoms with van der Waals surface area (Å²) in [5.41, 5.74) is 0. The number of rotatable bonds is 3. The summed E-state index contributed by atoms with van der Waals surface area (Å²) >= 11 is 0. The van der Waals surface area contributed by atoms with Crippen molar-refractivity contribution in [2.45, 2.75) is 18.2 Å². The fraction of sp³-hybridized carbons (Fsp3) is 0.545. The molecule has 0 saturated carbocycles. The smallest absolute Gasteiger partial charge is 0.243 e. The maximum absolute atomic E-state index is 12.3. The summed E-state index contributed by atoms with van der Waals surface area (Å²) < 4.78 is 26.2. The Balaban J connectivity index is 2.31. The minimum atomic E-state index is -3.35. The lowest BCUT2D eigenvalue weighted by Gasteiger charge is -2.16. The molecule has 6 heteroatoms. The molecule has 0 bridgehead atoms. The zero-order valence-electron chi connectivity index (χ0n) is 10.0. The second-order valence-electron chi connectivity index (χ2n) is 4.38. The predicted molar refractivity (Wildman–Crippen MR) is 66.3 cm³/mol. The molecule has 1 aliphatic rings. The Kier molecular flexibility index (Phi) is 3.35. The van der Waals surface area contributed by atoms with Gasteiger partial charge in [-0.1, -0.05) is 6.92 Å². The van der Waals surface area contributed by atoms with Crippen LogP contribution in [0.4, 0.5) is 5.82 Å². The fourth-order valence-corrected chi connectivity index (χ4v) is 3.56. The highest BCUT2D eigenvalue weighted by Gasteiger charge is 2.30. The van der Waals surface area contributed by atoms with Crippen molar-refractivity contribution in [1.29, 1.82) is 0 Å². The van der Waals surface area contributed by atoms with Gasteiger partial charge in [0.15, 0.2) is 0 Å². The number of sulfonamides is 1. The van der Waals surface area contributed by atoms with E-state index in [2.05, 4.69) is 17.2 Å². The van der Waals surface area contributed by atoms with E-state index in [9.17, 15) is 8.42 Å². The molecule has 1 N–H and O–H groups in total. The van der Waals surface area contributed by atoms with Crippen LogP contribution in [0.3, 0.4) is 0 Å². The number of anilines is 1. The average Bonchev–Trinajstić information content (AvgIpc) is 2.76. The van der Waals surface area contributed by atoms with Crippen molar-refractivity contribution in [3.8, 4) is 0 Å². The number of hydrogen-bond acceptors (Lipinski definition) is 4. The van der Waals surface area contributed by atoms with Crippen LogP contribution in [0.5, 0.6) is 0 Å².